The quantitative estimate of drug-likeness (QED) is 0.777. The van der Waals surface area contributed by atoms with E-state index in [1.807, 2.05) is 12.1 Å². The molecule has 0 spiro atoms. The maximum absolute atomic E-state index is 10.5. The number of carbonyl (C=O) groups excluding carboxylic acids is 1. The Kier molecular flexibility index (Phi) is 3.59. The van der Waals surface area contributed by atoms with E-state index >= 15 is 0 Å². The van der Waals surface area contributed by atoms with E-state index in [1.165, 1.54) is 11.8 Å². The van der Waals surface area contributed by atoms with Crippen molar-refractivity contribution < 1.29 is 4.79 Å². The lowest BCUT2D eigenvalue weighted by Crippen LogP contribution is -1.82. The van der Waals surface area contributed by atoms with Gasteiger partial charge in [-0.1, -0.05) is 35.5 Å². The first-order chi connectivity index (χ1) is 7.79. The van der Waals surface area contributed by atoms with E-state index in [4.69, 9.17) is 11.6 Å². The Labute approximate surface area is 103 Å². The number of pyridine rings is 1. The monoisotopic (exact) mass is 249 g/mol. The van der Waals surface area contributed by atoms with Gasteiger partial charge in [0.2, 0.25) is 0 Å². The molecule has 0 N–H and O–H groups in total. The topological polar surface area (TPSA) is 30.0 Å². The molecule has 4 heteroatoms. The molecule has 0 fully saturated rings. The van der Waals surface area contributed by atoms with Crippen LogP contribution in [0.15, 0.2) is 52.5 Å². The third-order valence-electron chi connectivity index (χ3n) is 1.96. The lowest BCUT2D eigenvalue weighted by molar-refractivity contribution is 0.112. The SMILES string of the molecule is O=Cc1ccc(Sc2ncccc2Cl)cc1. The number of rotatable bonds is 3. The number of halogens is 1. The molecular weight excluding hydrogens is 242 g/mol. The molecular formula is C12H8ClNOS. The van der Waals surface area contributed by atoms with Crippen LogP contribution >= 0.6 is 23.4 Å². The average Bonchev–Trinajstić information content (AvgIpc) is 2.33. The van der Waals surface area contributed by atoms with Crippen molar-refractivity contribution in [3.8, 4) is 0 Å². The molecule has 1 heterocycles. The Morgan fingerprint density at radius 1 is 1.19 bits per heavy atom. The number of aldehydes is 1. The third kappa shape index (κ3) is 2.62. The van der Waals surface area contributed by atoms with Gasteiger partial charge >= 0.3 is 0 Å². The summed E-state index contributed by atoms with van der Waals surface area (Å²) in [6.07, 6.45) is 2.52. The van der Waals surface area contributed by atoms with Crippen LogP contribution in [0.3, 0.4) is 0 Å². The van der Waals surface area contributed by atoms with E-state index in [0.717, 1.165) is 16.2 Å². The maximum atomic E-state index is 10.5. The smallest absolute Gasteiger partial charge is 0.150 e. The summed E-state index contributed by atoms with van der Waals surface area (Å²) < 4.78 is 0. The second-order valence-corrected chi connectivity index (χ2v) is 4.55. The van der Waals surface area contributed by atoms with E-state index in [9.17, 15) is 4.79 Å². The van der Waals surface area contributed by atoms with Gasteiger partial charge in [-0.2, -0.15) is 0 Å². The van der Waals surface area contributed by atoms with Crippen LogP contribution < -0.4 is 0 Å². The molecule has 0 saturated heterocycles. The van der Waals surface area contributed by atoms with Gasteiger partial charge in [0.25, 0.3) is 0 Å². The van der Waals surface area contributed by atoms with Crippen LogP contribution in [0.5, 0.6) is 0 Å². The summed E-state index contributed by atoms with van der Waals surface area (Å²) in [6, 6.07) is 10.9. The number of aromatic nitrogens is 1. The molecule has 0 aliphatic carbocycles. The molecule has 0 bridgehead atoms. The molecule has 0 aliphatic heterocycles. The van der Waals surface area contributed by atoms with Crippen molar-refractivity contribution in [2.75, 3.05) is 0 Å². The molecule has 2 rings (SSSR count). The first kappa shape index (κ1) is 11.2. The molecule has 80 valence electrons. The fourth-order valence-electron chi connectivity index (χ4n) is 1.17. The molecule has 2 aromatic rings. The van der Waals surface area contributed by atoms with Crippen molar-refractivity contribution in [3.05, 3.63) is 53.2 Å². The second kappa shape index (κ2) is 5.14. The van der Waals surface area contributed by atoms with Gasteiger partial charge in [-0.05, 0) is 24.3 Å². The minimum absolute atomic E-state index is 0.631. The molecule has 1 aromatic carbocycles. The first-order valence-corrected chi connectivity index (χ1v) is 5.82. The summed E-state index contributed by atoms with van der Waals surface area (Å²) >= 11 is 7.47. The highest BCUT2D eigenvalue weighted by atomic mass is 35.5. The lowest BCUT2D eigenvalue weighted by atomic mass is 10.2. The first-order valence-electron chi connectivity index (χ1n) is 4.63. The van der Waals surface area contributed by atoms with Crippen molar-refractivity contribution in [1.82, 2.24) is 4.98 Å². The van der Waals surface area contributed by atoms with Crippen molar-refractivity contribution >= 4 is 29.6 Å². The number of nitrogens with zero attached hydrogens (tertiary/aromatic N) is 1. The summed E-state index contributed by atoms with van der Waals surface area (Å²) in [6.45, 7) is 0. The van der Waals surface area contributed by atoms with E-state index < -0.39 is 0 Å². The Hall–Kier alpha value is -1.32. The van der Waals surface area contributed by atoms with Crippen LogP contribution in [-0.4, -0.2) is 11.3 Å². The highest BCUT2D eigenvalue weighted by Gasteiger charge is 2.03. The van der Waals surface area contributed by atoms with Crippen LogP contribution in [0.25, 0.3) is 0 Å². The standard InChI is InChI=1S/C12H8ClNOS/c13-11-2-1-7-14-12(11)16-10-5-3-9(8-15)4-6-10/h1-8H. The number of hydrogen-bond acceptors (Lipinski definition) is 3. The number of hydrogen-bond donors (Lipinski definition) is 0. The molecule has 0 saturated carbocycles. The molecule has 0 radical (unpaired) electrons. The van der Waals surface area contributed by atoms with Gasteiger partial charge < -0.3 is 0 Å². The fraction of sp³-hybridized carbons (Fsp3) is 0. The highest BCUT2D eigenvalue weighted by molar-refractivity contribution is 7.99. The number of benzene rings is 1. The van der Waals surface area contributed by atoms with Gasteiger partial charge in [0.15, 0.2) is 0 Å². The van der Waals surface area contributed by atoms with Crippen LogP contribution in [0.4, 0.5) is 0 Å². The van der Waals surface area contributed by atoms with Gasteiger partial charge in [-0.15, -0.1) is 0 Å². The van der Waals surface area contributed by atoms with Crippen molar-refractivity contribution in [3.63, 3.8) is 0 Å². The minimum atomic E-state index is 0.631. The second-order valence-electron chi connectivity index (χ2n) is 3.08. The van der Waals surface area contributed by atoms with E-state index in [2.05, 4.69) is 4.98 Å². The lowest BCUT2D eigenvalue weighted by Gasteiger charge is -2.02. The van der Waals surface area contributed by atoms with Crippen LogP contribution in [0.2, 0.25) is 5.02 Å². The van der Waals surface area contributed by atoms with Crippen LogP contribution in [-0.2, 0) is 0 Å². The Morgan fingerprint density at radius 3 is 2.56 bits per heavy atom. The Balaban J connectivity index is 2.21. The summed E-state index contributed by atoms with van der Waals surface area (Å²) in [7, 11) is 0. The average molecular weight is 250 g/mol. The van der Waals surface area contributed by atoms with Crippen LogP contribution in [0, 0.1) is 0 Å². The molecule has 1 aromatic heterocycles. The molecule has 2 nitrogen and oxygen atoms in total. The van der Waals surface area contributed by atoms with E-state index in [0.29, 0.717) is 10.6 Å². The molecule has 0 amide bonds. The zero-order valence-electron chi connectivity index (χ0n) is 8.26. The molecule has 0 atom stereocenters. The van der Waals surface area contributed by atoms with Crippen LogP contribution in [0.1, 0.15) is 10.4 Å². The summed E-state index contributed by atoms with van der Waals surface area (Å²) in [4.78, 5) is 15.7. The summed E-state index contributed by atoms with van der Waals surface area (Å²) in [5, 5.41) is 1.40. The normalized spacial score (nSPS) is 10.1. The maximum Gasteiger partial charge on any atom is 0.150 e. The number of carbonyl (C=O) groups is 1. The van der Waals surface area contributed by atoms with Gasteiger partial charge in [-0.25, -0.2) is 4.98 Å². The van der Waals surface area contributed by atoms with Gasteiger partial charge in [0.1, 0.15) is 11.3 Å². The Morgan fingerprint density at radius 2 is 1.94 bits per heavy atom. The summed E-state index contributed by atoms with van der Waals surface area (Å²) in [5.41, 5.74) is 0.663. The van der Waals surface area contributed by atoms with E-state index in [1.54, 1.807) is 30.5 Å². The Bertz CT molecular complexity index is 499. The predicted molar refractivity (Wildman–Crippen MR) is 65.2 cm³/mol. The zero-order chi connectivity index (χ0) is 11.4. The van der Waals surface area contributed by atoms with E-state index in [-0.39, 0.29) is 0 Å². The molecule has 16 heavy (non-hydrogen) atoms. The van der Waals surface area contributed by atoms with Gasteiger partial charge in [0.05, 0.1) is 5.02 Å². The zero-order valence-corrected chi connectivity index (χ0v) is 9.83. The minimum Gasteiger partial charge on any atom is -0.298 e. The summed E-state index contributed by atoms with van der Waals surface area (Å²) in [5.74, 6) is 0. The van der Waals surface area contributed by atoms with Crippen molar-refractivity contribution in [2.45, 2.75) is 9.92 Å². The predicted octanol–water partition coefficient (Wildman–Crippen LogP) is 3.70. The molecule has 0 aliphatic rings. The van der Waals surface area contributed by atoms with Crippen molar-refractivity contribution in [2.24, 2.45) is 0 Å². The largest absolute Gasteiger partial charge is 0.298 e. The fourth-order valence-corrected chi connectivity index (χ4v) is 2.18. The highest BCUT2D eigenvalue weighted by Crippen LogP contribution is 2.30. The van der Waals surface area contributed by atoms with Crippen molar-refractivity contribution in [1.29, 1.82) is 0 Å². The van der Waals surface area contributed by atoms with Gasteiger partial charge in [0, 0.05) is 16.7 Å². The third-order valence-corrected chi connectivity index (χ3v) is 3.40. The van der Waals surface area contributed by atoms with Gasteiger partial charge in [-0.3, -0.25) is 4.79 Å². The molecule has 0 unspecified atom stereocenters.